The first-order valence-electron chi connectivity index (χ1n) is 8.49. The number of anilines is 2. The number of hydrogen-bond donors (Lipinski definition) is 2. The average Bonchev–Trinajstić information content (AvgIpc) is 3.02. The molecule has 0 fully saturated rings. The van der Waals surface area contributed by atoms with Crippen LogP contribution >= 0.6 is 46.0 Å². The van der Waals surface area contributed by atoms with E-state index in [9.17, 15) is 4.79 Å². The van der Waals surface area contributed by atoms with Crippen LogP contribution in [0.4, 0.5) is 11.4 Å². The van der Waals surface area contributed by atoms with Crippen molar-refractivity contribution in [2.75, 3.05) is 16.4 Å². The number of aryl methyl sites for hydroxylation is 1. The van der Waals surface area contributed by atoms with Gasteiger partial charge in [-0.05, 0) is 77.5 Å². The first-order chi connectivity index (χ1) is 13.4. The lowest BCUT2D eigenvalue weighted by molar-refractivity contribution is -0.113. The van der Waals surface area contributed by atoms with E-state index in [1.165, 1.54) is 11.8 Å². The van der Waals surface area contributed by atoms with E-state index in [1.54, 1.807) is 0 Å². The van der Waals surface area contributed by atoms with Gasteiger partial charge in [-0.15, -0.1) is 10.2 Å². The van der Waals surface area contributed by atoms with E-state index in [4.69, 9.17) is 11.6 Å². The Kier molecular flexibility index (Phi) is 7.19. The zero-order chi connectivity index (χ0) is 20.1. The van der Waals surface area contributed by atoms with Crippen LogP contribution in [0.5, 0.6) is 0 Å². The molecule has 1 heterocycles. The van der Waals surface area contributed by atoms with Crippen molar-refractivity contribution in [1.29, 1.82) is 0 Å². The largest absolute Gasteiger partial charge is 0.378 e. The fourth-order valence-corrected chi connectivity index (χ4v) is 3.96. The van der Waals surface area contributed by atoms with Gasteiger partial charge in [0.15, 0.2) is 11.0 Å². The molecule has 0 spiro atoms. The molecule has 0 radical (unpaired) electrons. The van der Waals surface area contributed by atoms with Gasteiger partial charge in [-0.25, -0.2) is 0 Å². The number of thioether (sulfide) groups is 1. The Balaban J connectivity index is 1.53. The molecule has 0 unspecified atom stereocenters. The fourth-order valence-electron chi connectivity index (χ4n) is 2.46. The van der Waals surface area contributed by atoms with Gasteiger partial charge < -0.3 is 15.2 Å². The highest BCUT2D eigenvalue weighted by Gasteiger charge is 2.12. The van der Waals surface area contributed by atoms with Crippen molar-refractivity contribution in [3.63, 3.8) is 0 Å². The molecule has 0 saturated carbocycles. The number of carbonyl (C=O) groups is 1. The molecule has 0 bridgehead atoms. The van der Waals surface area contributed by atoms with Gasteiger partial charge in [-0.2, -0.15) is 0 Å². The van der Waals surface area contributed by atoms with E-state index < -0.39 is 0 Å². The van der Waals surface area contributed by atoms with Crippen molar-refractivity contribution in [2.45, 2.75) is 18.6 Å². The van der Waals surface area contributed by atoms with Crippen LogP contribution in [-0.2, 0) is 18.4 Å². The second-order valence-electron chi connectivity index (χ2n) is 6.11. The summed E-state index contributed by atoms with van der Waals surface area (Å²) in [4.78, 5) is 12.3. The van der Waals surface area contributed by atoms with E-state index in [2.05, 4.69) is 43.4 Å². The molecule has 2 aromatic carbocycles. The third kappa shape index (κ3) is 5.62. The zero-order valence-electron chi connectivity index (χ0n) is 15.4. The minimum atomic E-state index is -0.0712. The minimum Gasteiger partial charge on any atom is -0.378 e. The van der Waals surface area contributed by atoms with Gasteiger partial charge in [-0.1, -0.05) is 23.4 Å². The van der Waals surface area contributed by atoms with Crippen LogP contribution in [0, 0.1) is 10.5 Å². The molecule has 3 rings (SSSR count). The second-order valence-corrected chi connectivity index (χ2v) is 8.74. The topological polar surface area (TPSA) is 71.8 Å². The molecule has 0 aliphatic heterocycles. The summed E-state index contributed by atoms with van der Waals surface area (Å²) in [6, 6.07) is 13.4. The summed E-state index contributed by atoms with van der Waals surface area (Å²) in [5, 5.41) is 16.0. The molecule has 0 aliphatic carbocycles. The molecule has 2 N–H and O–H groups in total. The van der Waals surface area contributed by atoms with Crippen molar-refractivity contribution >= 4 is 63.2 Å². The standard InChI is InChI=1S/C19H19ClIN5OS/c1-12-9-14(21)5-8-16(12)23-18(27)11-28-19-25-24-17(26(19)2)10-22-15-6-3-13(20)4-7-15/h3-9,22H,10-11H2,1-2H3,(H,23,27). The summed E-state index contributed by atoms with van der Waals surface area (Å²) >= 11 is 9.50. The number of benzene rings is 2. The lowest BCUT2D eigenvalue weighted by Crippen LogP contribution is -2.15. The van der Waals surface area contributed by atoms with Crippen molar-refractivity contribution in [2.24, 2.45) is 7.05 Å². The molecule has 28 heavy (non-hydrogen) atoms. The third-order valence-corrected chi connectivity index (χ3v) is 5.96. The first-order valence-corrected chi connectivity index (χ1v) is 10.9. The predicted octanol–water partition coefficient (Wildman–Crippen LogP) is 4.72. The lowest BCUT2D eigenvalue weighted by atomic mass is 10.2. The number of rotatable bonds is 7. The highest BCUT2D eigenvalue weighted by Crippen LogP contribution is 2.20. The SMILES string of the molecule is Cc1cc(I)ccc1NC(=O)CSc1nnc(CNc2ccc(Cl)cc2)n1C. The Morgan fingerprint density at radius 2 is 1.96 bits per heavy atom. The Morgan fingerprint density at radius 1 is 1.21 bits per heavy atom. The van der Waals surface area contributed by atoms with Crippen LogP contribution in [0.25, 0.3) is 0 Å². The van der Waals surface area contributed by atoms with Crippen LogP contribution in [-0.4, -0.2) is 26.4 Å². The molecule has 0 atom stereocenters. The molecule has 0 saturated heterocycles. The lowest BCUT2D eigenvalue weighted by Gasteiger charge is -2.09. The highest BCUT2D eigenvalue weighted by molar-refractivity contribution is 14.1. The van der Waals surface area contributed by atoms with E-state index >= 15 is 0 Å². The highest BCUT2D eigenvalue weighted by atomic mass is 127. The predicted molar refractivity (Wildman–Crippen MR) is 123 cm³/mol. The van der Waals surface area contributed by atoms with Gasteiger partial charge in [0.1, 0.15) is 0 Å². The van der Waals surface area contributed by atoms with E-state index in [0.29, 0.717) is 16.7 Å². The van der Waals surface area contributed by atoms with Gasteiger partial charge in [0.25, 0.3) is 0 Å². The number of carbonyl (C=O) groups excluding carboxylic acids is 1. The summed E-state index contributed by atoms with van der Waals surface area (Å²) in [6.07, 6.45) is 0. The minimum absolute atomic E-state index is 0.0712. The van der Waals surface area contributed by atoms with Crippen molar-refractivity contribution in [1.82, 2.24) is 14.8 Å². The van der Waals surface area contributed by atoms with Crippen molar-refractivity contribution in [3.8, 4) is 0 Å². The van der Waals surface area contributed by atoms with Gasteiger partial charge in [0, 0.05) is 27.0 Å². The Bertz CT molecular complexity index is 977. The number of hydrogen-bond acceptors (Lipinski definition) is 5. The van der Waals surface area contributed by atoms with Gasteiger partial charge >= 0.3 is 0 Å². The molecule has 146 valence electrons. The summed E-state index contributed by atoms with van der Waals surface area (Å²) in [7, 11) is 1.89. The Hall–Kier alpha value is -1.78. The van der Waals surface area contributed by atoms with E-state index in [0.717, 1.165) is 26.3 Å². The summed E-state index contributed by atoms with van der Waals surface area (Å²) in [5.74, 6) is 0.978. The van der Waals surface area contributed by atoms with Crippen LogP contribution in [0.3, 0.4) is 0 Å². The molecule has 1 amide bonds. The second kappa shape index (κ2) is 9.62. The van der Waals surface area contributed by atoms with Crippen molar-refractivity contribution in [3.05, 3.63) is 62.4 Å². The number of nitrogens with zero attached hydrogens (tertiary/aromatic N) is 3. The van der Waals surface area contributed by atoms with Crippen LogP contribution in [0.1, 0.15) is 11.4 Å². The number of halogens is 2. The number of aromatic nitrogens is 3. The maximum Gasteiger partial charge on any atom is 0.234 e. The van der Waals surface area contributed by atoms with Gasteiger partial charge in [0.05, 0.1) is 12.3 Å². The van der Waals surface area contributed by atoms with E-state index in [1.807, 2.05) is 61.0 Å². The van der Waals surface area contributed by atoms with E-state index in [-0.39, 0.29) is 11.7 Å². The molecule has 3 aromatic rings. The average molecular weight is 528 g/mol. The number of amides is 1. The number of nitrogens with one attached hydrogen (secondary N) is 2. The van der Waals surface area contributed by atoms with Crippen LogP contribution in [0.2, 0.25) is 5.02 Å². The third-order valence-electron chi connectivity index (χ3n) is 4.01. The smallest absolute Gasteiger partial charge is 0.234 e. The van der Waals surface area contributed by atoms with Crippen LogP contribution in [0.15, 0.2) is 47.6 Å². The van der Waals surface area contributed by atoms with Gasteiger partial charge in [0.2, 0.25) is 5.91 Å². The first kappa shape index (κ1) is 20.9. The molecule has 6 nitrogen and oxygen atoms in total. The monoisotopic (exact) mass is 527 g/mol. The Morgan fingerprint density at radius 3 is 2.68 bits per heavy atom. The Labute approximate surface area is 186 Å². The maximum atomic E-state index is 12.3. The molecular formula is C19H19ClIN5OS. The van der Waals surface area contributed by atoms with Gasteiger partial charge in [-0.3, -0.25) is 4.79 Å². The zero-order valence-corrected chi connectivity index (χ0v) is 19.1. The summed E-state index contributed by atoms with van der Waals surface area (Å²) in [5.41, 5.74) is 2.82. The normalized spacial score (nSPS) is 10.7. The van der Waals surface area contributed by atoms with Crippen molar-refractivity contribution < 1.29 is 4.79 Å². The summed E-state index contributed by atoms with van der Waals surface area (Å²) < 4.78 is 3.03. The van der Waals surface area contributed by atoms with Crippen LogP contribution < -0.4 is 10.6 Å². The maximum absolute atomic E-state index is 12.3. The molecule has 0 aliphatic rings. The molecule has 1 aromatic heterocycles. The quantitative estimate of drug-likeness (QED) is 0.344. The summed E-state index contributed by atoms with van der Waals surface area (Å²) in [6.45, 7) is 2.51. The molecule has 9 heteroatoms. The fraction of sp³-hybridized carbons (Fsp3) is 0.211. The molecular weight excluding hydrogens is 509 g/mol.